The second-order valence-corrected chi connectivity index (χ2v) is 5.55. The molecule has 1 aliphatic rings. The van der Waals surface area contributed by atoms with Gasteiger partial charge >= 0.3 is 12.2 Å². The van der Waals surface area contributed by atoms with E-state index in [0.29, 0.717) is 13.0 Å². The van der Waals surface area contributed by atoms with Crippen LogP contribution in [-0.4, -0.2) is 31.0 Å². The van der Waals surface area contributed by atoms with E-state index in [-0.39, 0.29) is 11.6 Å². The molecule has 1 heterocycles. The Morgan fingerprint density at radius 1 is 1.35 bits per heavy atom. The molecule has 2 amide bonds. The topological polar surface area (TPSA) is 50.4 Å². The van der Waals surface area contributed by atoms with Gasteiger partial charge in [-0.05, 0) is 18.9 Å². The first-order valence-corrected chi connectivity index (χ1v) is 7.23. The molecule has 1 aromatic carbocycles. The lowest BCUT2D eigenvalue weighted by Gasteiger charge is -2.34. The predicted octanol–water partition coefficient (Wildman–Crippen LogP) is 3.11. The fourth-order valence-electron chi connectivity index (χ4n) is 2.51. The fourth-order valence-corrected chi connectivity index (χ4v) is 2.51. The van der Waals surface area contributed by atoms with Gasteiger partial charge in [0, 0.05) is 6.61 Å². The predicted molar refractivity (Wildman–Crippen MR) is 79.9 cm³/mol. The zero-order valence-corrected chi connectivity index (χ0v) is 12.7. The van der Waals surface area contributed by atoms with Crippen LogP contribution in [0.2, 0.25) is 0 Å². The van der Waals surface area contributed by atoms with Gasteiger partial charge in [0.05, 0.1) is 12.1 Å². The van der Waals surface area contributed by atoms with Crippen LogP contribution in [0, 0.1) is 0 Å². The summed E-state index contributed by atoms with van der Waals surface area (Å²) in [5.74, 6) is 0. The molecule has 1 aromatic rings. The third kappa shape index (κ3) is 3.67. The number of carbonyl (C=O) groups is 1. The number of amides is 2. The molecule has 1 fully saturated rings. The summed E-state index contributed by atoms with van der Waals surface area (Å²) in [6.45, 7) is 4.95. The highest BCUT2D eigenvalue weighted by Gasteiger charge is 2.53. The molecule has 2 rings (SSSR count). The lowest BCUT2D eigenvalue weighted by molar-refractivity contribution is -0.191. The van der Waals surface area contributed by atoms with Gasteiger partial charge in [-0.1, -0.05) is 36.4 Å². The van der Waals surface area contributed by atoms with Crippen molar-refractivity contribution in [2.24, 2.45) is 0 Å². The van der Waals surface area contributed by atoms with Gasteiger partial charge in [-0.3, -0.25) is 0 Å². The maximum Gasteiger partial charge on any atom is 0.415 e. The molecule has 0 aliphatic carbocycles. The summed E-state index contributed by atoms with van der Waals surface area (Å²) in [6, 6.07) is 5.99. The van der Waals surface area contributed by atoms with E-state index >= 15 is 0 Å². The van der Waals surface area contributed by atoms with Crippen LogP contribution in [-0.2, 0) is 10.3 Å². The largest absolute Gasteiger partial charge is 0.415 e. The molecule has 1 saturated heterocycles. The van der Waals surface area contributed by atoms with Crippen LogP contribution in [0.4, 0.5) is 18.0 Å². The minimum atomic E-state index is -4.64. The van der Waals surface area contributed by atoms with Crippen LogP contribution in [0.3, 0.4) is 0 Å². The van der Waals surface area contributed by atoms with Crippen molar-refractivity contribution < 1.29 is 22.7 Å². The lowest BCUT2D eigenvalue weighted by atomic mass is 9.91. The number of carbonyl (C=O) groups excluding carboxylic acids is 1. The Morgan fingerprint density at radius 2 is 2.00 bits per heavy atom. The van der Waals surface area contributed by atoms with E-state index in [9.17, 15) is 18.0 Å². The standard InChI is InChI=1S/C16H19F3N2O2/c1-3-13-12(9-10-23-13)20-14(22)21-15(2,16(17,18)19)11-7-5-4-6-8-11/h3-8,12-13H,1,9-10H2,2H3,(H2,20,21,22)/t12-,13+,15?/m1/s1. The molecule has 126 valence electrons. The van der Waals surface area contributed by atoms with Crippen molar-refractivity contribution >= 4 is 6.03 Å². The normalized spacial score (nSPS) is 23.8. The highest BCUT2D eigenvalue weighted by molar-refractivity contribution is 5.75. The molecular weight excluding hydrogens is 309 g/mol. The number of ether oxygens (including phenoxy) is 1. The molecule has 1 aliphatic heterocycles. The van der Waals surface area contributed by atoms with E-state index < -0.39 is 23.9 Å². The number of halogens is 3. The summed E-state index contributed by atoms with van der Waals surface area (Å²) in [4.78, 5) is 12.1. The first-order chi connectivity index (χ1) is 10.8. The van der Waals surface area contributed by atoms with Gasteiger partial charge in [-0.25, -0.2) is 4.79 Å². The van der Waals surface area contributed by atoms with E-state index in [4.69, 9.17) is 4.74 Å². The van der Waals surface area contributed by atoms with Crippen molar-refractivity contribution in [1.82, 2.24) is 10.6 Å². The second kappa shape index (κ2) is 6.62. The smallest absolute Gasteiger partial charge is 0.372 e. The Kier molecular flexibility index (Phi) is 4.99. The SMILES string of the molecule is C=C[C@@H]1OCC[C@H]1NC(=O)NC(C)(c1ccccc1)C(F)(F)F. The maximum atomic E-state index is 13.5. The molecule has 23 heavy (non-hydrogen) atoms. The first-order valence-electron chi connectivity index (χ1n) is 7.23. The molecular formula is C16H19F3N2O2. The van der Waals surface area contributed by atoms with Crippen molar-refractivity contribution in [1.29, 1.82) is 0 Å². The molecule has 0 radical (unpaired) electrons. The van der Waals surface area contributed by atoms with E-state index in [1.54, 1.807) is 6.07 Å². The zero-order valence-electron chi connectivity index (χ0n) is 12.7. The van der Waals surface area contributed by atoms with E-state index in [2.05, 4.69) is 17.2 Å². The molecule has 0 aromatic heterocycles. The Bertz CT molecular complexity index is 562. The van der Waals surface area contributed by atoms with Crippen molar-refractivity contribution in [2.45, 2.75) is 37.2 Å². The average molecular weight is 328 g/mol. The van der Waals surface area contributed by atoms with E-state index in [1.807, 2.05) is 0 Å². The van der Waals surface area contributed by atoms with Crippen molar-refractivity contribution in [3.05, 3.63) is 48.6 Å². The molecule has 1 unspecified atom stereocenters. The fraction of sp³-hybridized carbons (Fsp3) is 0.438. The quantitative estimate of drug-likeness (QED) is 0.835. The Labute approximate surface area is 132 Å². The molecule has 0 bridgehead atoms. The number of urea groups is 1. The number of alkyl halides is 3. The highest BCUT2D eigenvalue weighted by Crippen LogP contribution is 2.38. The lowest BCUT2D eigenvalue weighted by Crippen LogP contribution is -2.58. The van der Waals surface area contributed by atoms with Crippen LogP contribution >= 0.6 is 0 Å². The van der Waals surface area contributed by atoms with Crippen LogP contribution in [0.5, 0.6) is 0 Å². The second-order valence-electron chi connectivity index (χ2n) is 5.55. The number of nitrogens with one attached hydrogen (secondary N) is 2. The Balaban J connectivity index is 2.15. The number of rotatable bonds is 4. The van der Waals surface area contributed by atoms with Crippen molar-refractivity contribution in [3.63, 3.8) is 0 Å². The summed E-state index contributed by atoms with van der Waals surface area (Å²) in [5, 5.41) is 4.59. The maximum absolute atomic E-state index is 13.5. The Hall–Kier alpha value is -2.02. The molecule has 0 saturated carbocycles. The third-order valence-electron chi connectivity index (χ3n) is 3.97. The van der Waals surface area contributed by atoms with Gasteiger partial charge in [0.1, 0.15) is 0 Å². The summed E-state index contributed by atoms with van der Waals surface area (Å²) in [6.07, 6.45) is -2.99. The van der Waals surface area contributed by atoms with Crippen LogP contribution in [0.25, 0.3) is 0 Å². The zero-order chi connectivity index (χ0) is 17.1. The molecule has 4 nitrogen and oxygen atoms in total. The van der Waals surface area contributed by atoms with Gasteiger partial charge < -0.3 is 15.4 Å². The van der Waals surface area contributed by atoms with Crippen LogP contribution in [0.15, 0.2) is 43.0 Å². The average Bonchev–Trinajstić information content (AvgIpc) is 2.93. The first kappa shape index (κ1) is 17.3. The molecule has 2 N–H and O–H groups in total. The number of hydrogen-bond acceptors (Lipinski definition) is 2. The number of hydrogen-bond donors (Lipinski definition) is 2. The van der Waals surface area contributed by atoms with Gasteiger partial charge in [0.2, 0.25) is 0 Å². The van der Waals surface area contributed by atoms with Crippen molar-refractivity contribution in [3.8, 4) is 0 Å². The summed E-state index contributed by atoms with van der Waals surface area (Å²) in [5.41, 5.74) is -2.52. The van der Waals surface area contributed by atoms with Gasteiger partial charge in [0.15, 0.2) is 5.54 Å². The monoisotopic (exact) mass is 328 g/mol. The molecule has 0 spiro atoms. The molecule has 7 heteroatoms. The molecule has 3 atom stereocenters. The minimum Gasteiger partial charge on any atom is -0.372 e. The number of benzene rings is 1. The minimum absolute atomic E-state index is 0.0365. The van der Waals surface area contributed by atoms with Crippen LogP contribution in [0.1, 0.15) is 18.9 Å². The van der Waals surface area contributed by atoms with E-state index in [0.717, 1.165) is 6.92 Å². The van der Waals surface area contributed by atoms with Crippen LogP contribution < -0.4 is 10.6 Å². The highest BCUT2D eigenvalue weighted by atomic mass is 19.4. The van der Waals surface area contributed by atoms with Gasteiger partial charge in [0.25, 0.3) is 0 Å². The van der Waals surface area contributed by atoms with Gasteiger partial charge in [-0.2, -0.15) is 13.2 Å². The summed E-state index contributed by atoms with van der Waals surface area (Å²) >= 11 is 0. The van der Waals surface area contributed by atoms with Crippen molar-refractivity contribution in [2.75, 3.05) is 6.61 Å². The third-order valence-corrected chi connectivity index (χ3v) is 3.97. The summed E-state index contributed by atoms with van der Waals surface area (Å²) < 4.78 is 45.9. The van der Waals surface area contributed by atoms with E-state index in [1.165, 1.54) is 30.3 Å². The Morgan fingerprint density at radius 3 is 2.57 bits per heavy atom. The summed E-state index contributed by atoms with van der Waals surface area (Å²) in [7, 11) is 0. The van der Waals surface area contributed by atoms with Gasteiger partial charge in [-0.15, -0.1) is 6.58 Å².